The molecule has 4 nitrogen and oxygen atoms in total. The summed E-state index contributed by atoms with van der Waals surface area (Å²) >= 11 is 5.84. The van der Waals surface area contributed by atoms with Gasteiger partial charge in [0.2, 0.25) is 10.0 Å². The van der Waals surface area contributed by atoms with Crippen LogP contribution in [0.5, 0.6) is 0 Å². The summed E-state index contributed by atoms with van der Waals surface area (Å²) in [5.41, 5.74) is 5.48. The van der Waals surface area contributed by atoms with Gasteiger partial charge < -0.3 is 5.73 Å². The van der Waals surface area contributed by atoms with Crippen LogP contribution in [0, 0.1) is 5.82 Å². The Labute approximate surface area is 124 Å². The minimum Gasteiger partial charge on any atom is -0.326 e. The molecule has 20 heavy (non-hydrogen) atoms. The molecule has 0 unspecified atom stereocenters. The molecule has 0 saturated carbocycles. The van der Waals surface area contributed by atoms with E-state index in [1.54, 1.807) is 0 Å². The topological polar surface area (TPSA) is 63.4 Å². The fourth-order valence-corrected chi connectivity index (χ4v) is 3.74. The van der Waals surface area contributed by atoms with Crippen molar-refractivity contribution in [2.75, 3.05) is 13.1 Å². The third-order valence-corrected chi connectivity index (χ3v) is 4.81. The number of nitrogens with two attached hydrogens (primary N) is 1. The van der Waals surface area contributed by atoms with Crippen LogP contribution in [-0.4, -0.2) is 25.8 Å². The summed E-state index contributed by atoms with van der Waals surface area (Å²) in [5, 5.41) is 0.139. The summed E-state index contributed by atoms with van der Waals surface area (Å²) in [6, 6.07) is 2.44. The zero-order valence-corrected chi connectivity index (χ0v) is 12.8. The highest BCUT2D eigenvalue weighted by molar-refractivity contribution is 7.89. The molecule has 0 aliphatic heterocycles. The molecule has 0 aromatic heterocycles. The number of halogens is 2. The van der Waals surface area contributed by atoms with Gasteiger partial charge in [-0.15, -0.1) is 6.58 Å². The summed E-state index contributed by atoms with van der Waals surface area (Å²) in [4.78, 5) is -0.444. The fourth-order valence-electron chi connectivity index (χ4n) is 1.80. The van der Waals surface area contributed by atoms with Crippen molar-refractivity contribution in [1.82, 2.24) is 4.31 Å². The molecule has 0 amide bonds. The maximum atomic E-state index is 14.2. The monoisotopic (exact) mass is 320 g/mol. The first-order chi connectivity index (χ1) is 9.38. The highest BCUT2D eigenvalue weighted by Gasteiger charge is 2.27. The zero-order valence-electron chi connectivity index (χ0n) is 11.3. The summed E-state index contributed by atoms with van der Waals surface area (Å²) in [6.07, 6.45) is 2.07. The second-order valence-corrected chi connectivity index (χ2v) is 6.58. The SMILES string of the molecule is C=CCN(CCC)S(=O)(=O)c1cc(Cl)cc(CN)c1F. The molecule has 0 radical (unpaired) electrons. The van der Waals surface area contributed by atoms with Crippen molar-refractivity contribution in [1.29, 1.82) is 0 Å². The first kappa shape index (κ1) is 17.1. The fraction of sp³-hybridized carbons (Fsp3) is 0.385. The average Bonchev–Trinajstić information content (AvgIpc) is 2.40. The van der Waals surface area contributed by atoms with Gasteiger partial charge in [-0.3, -0.25) is 0 Å². The van der Waals surface area contributed by atoms with Crippen molar-refractivity contribution in [3.63, 3.8) is 0 Å². The third kappa shape index (κ3) is 3.58. The molecular weight excluding hydrogens is 303 g/mol. The largest absolute Gasteiger partial charge is 0.326 e. The maximum absolute atomic E-state index is 14.2. The second kappa shape index (κ2) is 7.17. The number of sulfonamides is 1. The molecular formula is C13H18ClFN2O2S. The van der Waals surface area contributed by atoms with Crippen LogP contribution >= 0.6 is 11.6 Å². The number of rotatable bonds is 7. The van der Waals surface area contributed by atoms with Gasteiger partial charge in [0.25, 0.3) is 0 Å². The molecule has 0 saturated heterocycles. The summed E-state index contributed by atoms with van der Waals surface area (Å²) in [7, 11) is -3.96. The molecule has 0 fully saturated rings. The van der Waals surface area contributed by atoms with Crippen molar-refractivity contribution in [2.45, 2.75) is 24.8 Å². The molecule has 7 heteroatoms. The Bertz CT molecular complexity index is 590. The Hall–Kier alpha value is -0.950. The van der Waals surface area contributed by atoms with Gasteiger partial charge in [-0.2, -0.15) is 4.31 Å². The second-order valence-electron chi connectivity index (χ2n) is 4.23. The van der Waals surface area contributed by atoms with E-state index in [2.05, 4.69) is 6.58 Å². The highest BCUT2D eigenvalue weighted by atomic mass is 35.5. The van der Waals surface area contributed by atoms with Gasteiger partial charge in [0.05, 0.1) is 0 Å². The first-order valence-electron chi connectivity index (χ1n) is 6.17. The van der Waals surface area contributed by atoms with E-state index in [1.807, 2.05) is 6.92 Å². The summed E-state index contributed by atoms with van der Waals surface area (Å²) in [6.45, 7) is 5.62. The van der Waals surface area contributed by atoms with Gasteiger partial charge in [-0.05, 0) is 18.6 Å². The van der Waals surface area contributed by atoms with Crippen LogP contribution in [0.4, 0.5) is 4.39 Å². The maximum Gasteiger partial charge on any atom is 0.246 e. The normalized spacial score (nSPS) is 11.8. The van der Waals surface area contributed by atoms with Gasteiger partial charge in [-0.25, -0.2) is 12.8 Å². The molecule has 0 atom stereocenters. The van der Waals surface area contributed by atoms with Crippen LogP contribution in [0.15, 0.2) is 29.7 Å². The van der Waals surface area contributed by atoms with E-state index >= 15 is 0 Å². The van der Waals surface area contributed by atoms with E-state index in [-0.39, 0.29) is 30.2 Å². The summed E-state index contributed by atoms with van der Waals surface area (Å²) < 4.78 is 40.4. The quantitative estimate of drug-likeness (QED) is 0.785. The molecule has 1 aromatic rings. The van der Waals surface area contributed by atoms with E-state index < -0.39 is 20.7 Å². The number of benzene rings is 1. The van der Waals surface area contributed by atoms with Crippen LogP contribution in [0.3, 0.4) is 0 Å². The molecule has 2 N–H and O–H groups in total. The summed E-state index contributed by atoms with van der Waals surface area (Å²) in [5.74, 6) is -0.845. The lowest BCUT2D eigenvalue weighted by Crippen LogP contribution is -2.32. The van der Waals surface area contributed by atoms with E-state index in [9.17, 15) is 12.8 Å². The first-order valence-corrected chi connectivity index (χ1v) is 7.99. The number of hydrogen-bond donors (Lipinski definition) is 1. The van der Waals surface area contributed by atoms with Crippen molar-refractivity contribution >= 4 is 21.6 Å². The predicted octanol–water partition coefficient (Wildman–Crippen LogP) is 2.52. The molecule has 0 aliphatic rings. The van der Waals surface area contributed by atoms with Gasteiger partial charge in [-0.1, -0.05) is 24.6 Å². The number of nitrogens with zero attached hydrogens (tertiary/aromatic N) is 1. The highest BCUT2D eigenvalue weighted by Crippen LogP contribution is 2.26. The van der Waals surface area contributed by atoms with Crippen LogP contribution < -0.4 is 5.73 Å². The minimum atomic E-state index is -3.96. The van der Waals surface area contributed by atoms with Crippen LogP contribution in [0.25, 0.3) is 0 Å². The molecule has 1 rings (SSSR count). The van der Waals surface area contributed by atoms with Gasteiger partial charge in [0, 0.05) is 30.2 Å². The van der Waals surface area contributed by atoms with Crippen LogP contribution in [0.2, 0.25) is 5.02 Å². The Balaban J connectivity index is 3.40. The van der Waals surface area contributed by atoms with E-state index in [0.29, 0.717) is 6.42 Å². The van der Waals surface area contributed by atoms with E-state index in [1.165, 1.54) is 12.1 Å². The lowest BCUT2D eigenvalue weighted by atomic mass is 10.2. The van der Waals surface area contributed by atoms with Crippen LogP contribution in [-0.2, 0) is 16.6 Å². The van der Waals surface area contributed by atoms with Gasteiger partial charge in [0.1, 0.15) is 10.7 Å². The van der Waals surface area contributed by atoms with E-state index in [0.717, 1.165) is 10.4 Å². The Morgan fingerprint density at radius 1 is 1.50 bits per heavy atom. The van der Waals surface area contributed by atoms with Crippen molar-refractivity contribution in [2.24, 2.45) is 5.73 Å². The minimum absolute atomic E-state index is 0.0751. The van der Waals surface area contributed by atoms with Crippen molar-refractivity contribution in [3.8, 4) is 0 Å². The predicted molar refractivity (Wildman–Crippen MR) is 78.5 cm³/mol. The van der Waals surface area contributed by atoms with Crippen molar-refractivity contribution < 1.29 is 12.8 Å². The standard InChI is InChI=1S/C13H18ClFN2O2S/c1-3-5-17(6-4-2)20(18,19)12-8-11(14)7-10(9-16)13(12)15/h3,7-8H,1,4-6,9,16H2,2H3. The van der Waals surface area contributed by atoms with E-state index in [4.69, 9.17) is 17.3 Å². The Kier molecular flexibility index (Phi) is 6.13. The Morgan fingerprint density at radius 3 is 2.65 bits per heavy atom. The van der Waals surface area contributed by atoms with Gasteiger partial charge >= 0.3 is 0 Å². The zero-order chi connectivity index (χ0) is 15.3. The molecule has 0 spiro atoms. The van der Waals surface area contributed by atoms with Crippen molar-refractivity contribution in [3.05, 3.63) is 41.2 Å². The molecule has 112 valence electrons. The smallest absolute Gasteiger partial charge is 0.246 e. The molecule has 0 heterocycles. The number of hydrogen-bond acceptors (Lipinski definition) is 3. The van der Waals surface area contributed by atoms with Crippen LogP contribution in [0.1, 0.15) is 18.9 Å². The molecule has 0 aliphatic carbocycles. The average molecular weight is 321 g/mol. The lowest BCUT2D eigenvalue weighted by molar-refractivity contribution is 0.436. The lowest BCUT2D eigenvalue weighted by Gasteiger charge is -2.21. The Morgan fingerprint density at radius 2 is 2.15 bits per heavy atom. The third-order valence-electron chi connectivity index (χ3n) is 2.72. The van der Waals surface area contributed by atoms with Gasteiger partial charge in [0.15, 0.2) is 0 Å². The molecule has 1 aromatic carbocycles. The molecule has 0 bridgehead atoms.